The molecule has 0 unspecified atom stereocenters. The Morgan fingerprint density at radius 3 is 2.73 bits per heavy atom. The molecule has 1 rings (SSSR count). The molecule has 0 saturated heterocycles. The second-order valence-corrected chi connectivity index (χ2v) is 2.92. The quantitative estimate of drug-likeness (QED) is 0.798. The smallest absolute Gasteiger partial charge is 0.307 e. The minimum absolute atomic E-state index is 0.0917. The summed E-state index contributed by atoms with van der Waals surface area (Å²) >= 11 is 0. The van der Waals surface area contributed by atoms with E-state index in [9.17, 15) is 14.3 Å². The fourth-order valence-electron chi connectivity index (χ4n) is 1.19. The average Bonchev–Trinajstić information content (AvgIpc) is 2.12. The summed E-state index contributed by atoms with van der Waals surface area (Å²) in [5, 5.41) is 17.7. The molecule has 0 spiro atoms. The van der Waals surface area contributed by atoms with Gasteiger partial charge < -0.3 is 14.9 Å². The molecule has 0 aliphatic heterocycles. The number of aliphatic carboxylic acids is 1. The Morgan fingerprint density at radius 1 is 1.53 bits per heavy atom. The fraction of sp³-hybridized carbons (Fsp3) is 0.300. The van der Waals surface area contributed by atoms with Crippen LogP contribution >= 0.6 is 0 Å². The van der Waals surface area contributed by atoms with Crippen LogP contribution in [0.25, 0.3) is 0 Å². The second-order valence-electron chi connectivity index (χ2n) is 2.92. The minimum atomic E-state index is -1.16. The van der Waals surface area contributed by atoms with Crippen LogP contribution in [0.3, 0.4) is 0 Å². The van der Waals surface area contributed by atoms with Gasteiger partial charge in [0.25, 0.3) is 0 Å². The van der Waals surface area contributed by atoms with Gasteiger partial charge >= 0.3 is 5.97 Å². The van der Waals surface area contributed by atoms with Crippen molar-refractivity contribution in [2.75, 3.05) is 6.61 Å². The number of ether oxygens (including phenoxy) is 1. The van der Waals surface area contributed by atoms with Crippen molar-refractivity contribution in [2.45, 2.75) is 13.3 Å². The third-order valence-electron chi connectivity index (χ3n) is 1.74. The monoisotopic (exact) mass is 214 g/mol. The van der Waals surface area contributed by atoms with E-state index in [1.807, 2.05) is 0 Å². The van der Waals surface area contributed by atoms with E-state index in [1.165, 1.54) is 0 Å². The molecule has 0 aliphatic carbocycles. The van der Waals surface area contributed by atoms with Gasteiger partial charge in [-0.3, -0.25) is 4.79 Å². The predicted molar refractivity (Wildman–Crippen MR) is 50.6 cm³/mol. The number of carbonyl (C=O) groups is 1. The van der Waals surface area contributed by atoms with Crippen LogP contribution < -0.4 is 4.74 Å². The van der Waals surface area contributed by atoms with Gasteiger partial charge in [0.05, 0.1) is 13.0 Å². The molecular weight excluding hydrogens is 203 g/mol. The van der Waals surface area contributed by atoms with Gasteiger partial charge in [-0.15, -0.1) is 0 Å². The molecule has 0 saturated carbocycles. The SMILES string of the molecule is CCOc1cc(O)cc(CC(=O)O)c1F. The van der Waals surface area contributed by atoms with Gasteiger partial charge in [-0.2, -0.15) is 0 Å². The molecular formula is C10H11FO4. The number of carboxylic acid groups (broad SMARTS) is 1. The summed E-state index contributed by atoms with van der Waals surface area (Å²) in [7, 11) is 0. The van der Waals surface area contributed by atoms with E-state index in [0.717, 1.165) is 12.1 Å². The zero-order valence-corrected chi connectivity index (χ0v) is 8.16. The number of carboxylic acids is 1. The van der Waals surface area contributed by atoms with Crippen molar-refractivity contribution >= 4 is 5.97 Å². The van der Waals surface area contributed by atoms with Gasteiger partial charge in [0.2, 0.25) is 0 Å². The number of rotatable bonds is 4. The average molecular weight is 214 g/mol. The molecule has 15 heavy (non-hydrogen) atoms. The van der Waals surface area contributed by atoms with Crippen LogP contribution in [-0.4, -0.2) is 22.8 Å². The Kier molecular flexibility index (Phi) is 3.49. The topological polar surface area (TPSA) is 66.8 Å². The van der Waals surface area contributed by atoms with Crippen LogP contribution in [0.2, 0.25) is 0 Å². The number of benzene rings is 1. The summed E-state index contributed by atoms with van der Waals surface area (Å²) in [4.78, 5) is 10.4. The Bertz CT molecular complexity index is 376. The first-order chi connectivity index (χ1) is 7.04. The summed E-state index contributed by atoms with van der Waals surface area (Å²) in [5.74, 6) is -2.25. The number of phenolic OH excluding ortho intramolecular Hbond substituents is 1. The number of phenols is 1. The first-order valence-electron chi connectivity index (χ1n) is 4.40. The maximum atomic E-state index is 13.5. The van der Waals surface area contributed by atoms with Crippen LogP contribution in [0.1, 0.15) is 12.5 Å². The molecule has 0 radical (unpaired) electrons. The Balaban J connectivity index is 3.09. The lowest BCUT2D eigenvalue weighted by Gasteiger charge is -2.08. The lowest BCUT2D eigenvalue weighted by Crippen LogP contribution is -2.04. The van der Waals surface area contributed by atoms with E-state index in [-0.39, 0.29) is 23.7 Å². The standard InChI is InChI=1S/C10H11FO4/c1-2-15-8-5-7(12)3-6(10(8)11)4-9(13)14/h3,5,12H,2,4H2,1H3,(H,13,14). The summed E-state index contributed by atoms with van der Waals surface area (Å²) in [6.45, 7) is 1.91. The van der Waals surface area contributed by atoms with E-state index in [4.69, 9.17) is 9.84 Å². The van der Waals surface area contributed by atoms with Gasteiger partial charge in [-0.25, -0.2) is 4.39 Å². The number of aromatic hydroxyl groups is 1. The van der Waals surface area contributed by atoms with Crippen LogP contribution in [0, 0.1) is 5.82 Å². The van der Waals surface area contributed by atoms with Crippen LogP contribution in [0.4, 0.5) is 4.39 Å². The largest absolute Gasteiger partial charge is 0.508 e. The lowest BCUT2D eigenvalue weighted by atomic mass is 10.1. The van der Waals surface area contributed by atoms with E-state index >= 15 is 0 Å². The molecule has 0 amide bonds. The number of halogens is 1. The molecule has 0 aromatic heterocycles. The lowest BCUT2D eigenvalue weighted by molar-refractivity contribution is -0.136. The maximum Gasteiger partial charge on any atom is 0.307 e. The third-order valence-corrected chi connectivity index (χ3v) is 1.74. The molecule has 2 N–H and O–H groups in total. The van der Waals surface area contributed by atoms with Gasteiger partial charge in [-0.05, 0) is 13.0 Å². The van der Waals surface area contributed by atoms with Crippen molar-refractivity contribution in [1.82, 2.24) is 0 Å². The zero-order chi connectivity index (χ0) is 11.4. The van der Waals surface area contributed by atoms with E-state index in [2.05, 4.69) is 0 Å². The maximum absolute atomic E-state index is 13.5. The van der Waals surface area contributed by atoms with Crippen molar-refractivity contribution in [3.05, 3.63) is 23.5 Å². The Morgan fingerprint density at radius 2 is 2.20 bits per heavy atom. The first kappa shape index (κ1) is 11.3. The van der Waals surface area contributed by atoms with Gasteiger partial charge in [0.1, 0.15) is 5.75 Å². The molecule has 4 nitrogen and oxygen atoms in total. The Hall–Kier alpha value is -1.78. The predicted octanol–water partition coefficient (Wildman–Crippen LogP) is 1.56. The minimum Gasteiger partial charge on any atom is -0.508 e. The third kappa shape index (κ3) is 2.83. The normalized spacial score (nSPS) is 10.0. The zero-order valence-electron chi connectivity index (χ0n) is 8.16. The molecule has 1 aromatic rings. The van der Waals surface area contributed by atoms with Gasteiger partial charge in [-0.1, -0.05) is 0 Å². The van der Waals surface area contributed by atoms with Gasteiger partial charge in [0.15, 0.2) is 11.6 Å². The molecule has 0 heterocycles. The molecule has 0 aliphatic rings. The van der Waals surface area contributed by atoms with Crippen LogP contribution in [0.5, 0.6) is 11.5 Å². The Labute approximate surface area is 85.9 Å². The number of hydrogen-bond donors (Lipinski definition) is 2. The van der Waals surface area contributed by atoms with Crippen molar-refractivity contribution < 1.29 is 24.1 Å². The highest BCUT2D eigenvalue weighted by atomic mass is 19.1. The molecule has 1 aromatic carbocycles. The highest BCUT2D eigenvalue weighted by Crippen LogP contribution is 2.27. The van der Waals surface area contributed by atoms with E-state index in [1.54, 1.807) is 6.92 Å². The second kappa shape index (κ2) is 4.63. The van der Waals surface area contributed by atoms with Crippen molar-refractivity contribution in [1.29, 1.82) is 0 Å². The first-order valence-corrected chi connectivity index (χ1v) is 4.40. The van der Waals surface area contributed by atoms with E-state index in [0.29, 0.717) is 0 Å². The summed E-state index contributed by atoms with van der Waals surface area (Å²) in [6.07, 6.45) is -0.486. The molecule has 82 valence electrons. The summed E-state index contributed by atoms with van der Waals surface area (Å²) in [6, 6.07) is 2.19. The highest BCUT2D eigenvalue weighted by molar-refractivity contribution is 5.70. The molecule has 5 heteroatoms. The van der Waals surface area contributed by atoms with Crippen LogP contribution in [-0.2, 0) is 11.2 Å². The molecule has 0 atom stereocenters. The molecule has 0 fully saturated rings. The van der Waals surface area contributed by atoms with Crippen molar-refractivity contribution in [3.8, 4) is 11.5 Å². The number of hydrogen-bond acceptors (Lipinski definition) is 3. The summed E-state index contributed by atoms with van der Waals surface area (Å²) < 4.78 is 18.4. The van der Waals surface area contributed by atoms with E-state index < -0.39 is 18.2 Å². The van der Waals surface area contributed by atoms with Crippen LogP contribution in [0.15, 0.2) is 12.1 Å². The molecule has 0 bridgehead atoms. The van der Waals surface area contributed by atoms with Crippen molar-refractivity contribution in [2.24, 2.45) is 0 Å². The van der Waals surface area contributed by atoms with Gasteiger partial charge in [0, 0.05) is 11.6 Å². The fourth-order valence-corrected chi connectivity index (χ4v) is 1.19. The van der Waals surface area contributed by atoms with Crippen molar-refractivity contribution in [3.63, 3.8) is 0 Å². The highest BCUT2D eigenvalue weighted by Gasteiger charge is 2.14. The summed E-state index contributed by atoms with van der Waals surface area (Å²) in [5.41, 5.74) is -0.0917.